The van der Waals surface area contributed by atoms with Crippen molar-refractivity contribution in [1.82, 2.24) is 4.90 Å². The number of hydrogen-bond donors (Lipinski definition) is 0. The van der Waals surface area contributed by atoms with Crippen LogP contribution in [0.2, 0.25) is 0 Å². The Labute approximate surface area is 170 Å². The Morgan fingerprint density at radius 2 is 1.97 bits per heavy atom. The number of hydrogen-bond acceptors (Lipinski definition) is 4. The number of halogens is 1. The molecule has 1 aliphatic rings. The normalized spacial score (nSPS) is 16.2. The molecule has 0 saturated heterocycles. The molecule has 2 aromatic rings. The quantitative estimate of drug-likeness (QED) is 0.674. The number of ether oxygens (including phenoxy) is 2. The molecule has 0 aliphatic carbocycles. The van der Waals surface area contributed by atoms with Crippen molar-refractivity contribution >= 4 is 12.4 Å². The van der Waals surface area contributed by atoms with Gasteiger partial charge in [0.05, 0.1) is 12.1 Å². The van der Waals surface area contributed by atoms with Crippen LogP contribution in [0.1, 0.15) is 60.7 Å². The molecule has 1 heterocycles. The molecular weight excluding hydrogens is 373 g/mol. The van der Waals surface area contributed by atoms with E-state index < -0.39 is 17.5 Å². The molecule has 0 bridgehead atoms. The molecule has 6 heteroatoms. The Morgan fingerprint density at radius 1 is 1.28 bits per heavy atom. The molecule has 3 rings (SSSR count). The second-order valence-electron chi connectivity index (χ2n) is 8.32. The SMILES string of the molecule is CC1CN(C(=O)OC(C)(C)C)Cc2c(OCc3ccccc3)cc(C=O)c(F)c21. The molecule has 5 nitrogen and oxygen atoms in total. The smallest absolute Gasteiger partial charge is 0.410 e. The first-order chi connectivity index (χ1) is 13.7. The number of fused-ring (bicyclic) bond motifs is 1. The van der Waals surface area contributed by atoms with Crippen LogP contribution in [0.15, 0.2) is 36.4 Å². The molecule has 1 unspecified atom stereocenters. The van der Waals surface area contributed by atoms with E-state index in [-0.39, 0.29) is 24.6 Å². The molecule has 1 amide bonds. The first-order valence-corrected chi connectivity index (χ1v) is 9.64. The summed E-state index contributed by atoms with van der Waals surface area (Å²) in [5.41, 5.74) is 1.29. The van der Waals surface area contributed by atoms with E-state index in [1.54, 1.807) is 25.7 Å². The van der Waals surface area contributed by atoms with E-state index in [9.17, 15) is 14.0 Å². The van der Waals surface area contributed by atoms with E-state index in [1.165, 1.54) is 6.07 Å². The van der Waals surface area contributed by atoms with Crippen LogP contribution in [0, 0.1) is 5.82 Å². The standard InChI is InChI=1S/C23H26FNO4/c1-15-11-25(22(27)29-23(2,3)4)12-18-19(10-17(13-26)21(24)20(15)18)28-14-16-8-6-5-7-9-16/h5-10,13,15H,11-12,14H2,1-4H3. The van der Waals surface area contributed by atoms with Gasteiger partial charge in [0.25, 0.3) is 0 Å². The van der Waals surface area contributed by atoms with E-state index in [4.69, 9.17) is 9.47 Å². The minimum atomic E-state index is -0.625. The molecule has 0 N–H and O–H groups in total. The first kappa shape index (κ1) is 20.8. The van der Waals surface area contributed by atoms with Gasteiger partial charge in [-0.25, -0.2) is 9.18 Å². The summed E-state index contributed by atoms with van der Waals surface area (Å²) >= 11 is 0. The van der Waals surface area contributed by atoms with Crippen LogP contribution in [0.4, 0.5) is 9.18 Å². The molecule has 0 spiro atoms. The summed E-state index contributed by atoms with van der Waals surface area (Å²) < 4.78 is 26.4. The molecule has 0 saturated carbocycles. The lowest BCUT2D eigenvalue weighted by Crippen LogP contribution is -2.41. The summed E-state index contributed by atoms with van der Waals surface area (Å²) in [4.78, 5) is 25.5. The van der Waals surface area contributed by atoms with Crippen LogP contribution in [-0.2, 0) is 17.9 Å². The van der Waals surface area contributed by atoms with Crippen LogP contribution < -0.4 is 4.74 Å². The van der Waals surface area contributed by atoms with Gasteiger partial charge in [0.2, 0.25) is 0 Å². The van der Waals surface area contributed by atoms with Crippen molar-refractivity contribution in [2.75, 3.05) is 6.54 Å². The van der Waals surface area contributed by atoms with Gasteiger partial charge in [0.15, 0.2) is 6.29 Å². The summed E-state index contributed by atoms with van der Waals surface area (Å²) in [5, 5.41) is 0. The minimum absolute atomic E-state index is 0.0376. The zero-order chi connectivity index (χ0) is 21.2. The molecule has 1 aliphatic heterocycles. The average molecular weight is 399 g/mol. The number of benzene rings is 2. The largest absolute Gasteiger partial charge is 0.489 e. The lowest BCUT2D eigenvalue weighted by Gasteiger charge is -2.35. The second kappa shape index (κ2) is 8.23. The fraction of sp³-hybridized carbons (Fsp3) is 0.391. The van der Waals surface area contributed by atoms with Gasteiger partial charge in [-0.15, -0.1) is 0 Å². The molecule has 2 aromatic carbocycles. The summed E-state index contributed by atoms with van der Waals surface area (Å²) in [6, 6.07) is 11.0. The highest BCUT2D eigenvalue weighted by Crippen LogP contribution is 2.38. The topological polar surface area (TPSA) is 55.8 Å². The Hall–Kier alpha value is -2.89. The third kappa shape index (κ3) is 4.75. The predicted molar refractivity (Wildman–Crippen MR) is 108 cm³/mol. The van der Waals surface area contributed by atoms with Crippen molar-refractivity contribution < 1.29 is 23.5 Å². The van der Waals surface area contributed by atoms with Gasteiger partial charge < -0.3 is 14.4 Å². The van der Waals surface area contributed by atoms with Crippen molar-refractivity contribution in [2.45, 2.75) is 52.4 Å². The number of nitrogens with zero attached hydrogens (tertiary/aromatic N) is 1. The monoisotopic (exact) mass is 399 g/mol. The number of rotatable bonds is 4. The highest BCUT2D eigenvalue weighted by Gasteiger charge is 2.34. The number of aldehydes is 1. The summed E-state index contributed by atoms with van der Waals surface area (Å²) in [5.74, 6) is -0.434. The molecule has 29 heavy (non-hydrogen) atoms. The fourth-order valence-corrected chi connectivity index (χ4v) is 3.48. The number of carbonyl (C=O) groups excluding carboxylic acids is 2. The van der Waals surface area contributed by atoms with Crippen LogP contribution in [-0.4, -0.2) is 29.4 Å². The maximum absolute atomic E-state index is 14.9. The Balaban J connectivity index is 1.95. The highest BCUT2D eigenvalue weighted by atomic mass is 19.1. The highest BCUT2D eigenvalue weighted by molar-refractivity contribution is 5.78. The first-order valence-electron chi connectivity index (χ1n) is 9.64. The van der Waals surface area contributed by atoms with Crippen LogP contribution >= 0.6 is 0 Å². The molecule has 0 fully saturated rings. The summed E-state index contributed by atoms with van der Waals surface area (Å²) in [6.07, 6.45) is 0.0432. The van der Waals surface area contributed by atoms with Crippen molar-refractivity contribution in [3.8, 4) is 5.75 Å². The average Bonchev–Trinajstić information content (AvgIpc) is 2.66. The molecular formula is C23H26FNO4. The third-order valence-corrected chi connectivity index (χ3v) is 4.75. The molecule has 0 radical (unpaired) electrons. The van der Waals surface area contributed by atoms with Gasteiger partial charge in [-0.1, -0.05) is 37.3 Å². The fourth-order valence-electron chi connectivity index (χ4n) is 3.48. The minimum Gasteiger partial charge on any atom is -0.489 e. The Morgan fingerprint density at radius 3 is 2.59 bits per heavy atom. The lowest BCUT2D eigenvalue weighted by molar-refractivity contribution is 0.0205. The van der Waals surface area contributed by atoms with Gasteiger partial charge in [0, 0.05) is 23.6 Å². The van der Waals surface area contributed by atoms with E-state index in [0.29, 0.717) is 29.7 Å². The van der Waals surface area contributed by atoms with Crippen molar-refractivity contribution in [3.05, 3.63) is 64.5 Å². The van der Waals surface area contributed by atoms with Gasteiger partial charge in [0.1, 0.15) is 23.8 Å². The van der Waals surface area contributed by atoms with E-state index in [0.717, 1.165) is 5.56 Å². The van der Waals surface area contributed by atoms with Crippen molar-refractivity contribution in [3.63, 3.8) is 0 Å². The zero-order valence-corrected chi connectivity index (χ0v) is 17.2. The lowest BCUT2D eigenvalue weighted by atomic mass is 9.88. The van der Waals surface area contributed by atoms with E-state index in [2.05, 4.69) is 0 Å². The van der Waals surface area contributed by atoms with Crippen molar-refractivity contribution in [2.24, 2.45) is 0 Å². The zero-order valence-electron chi connectivity index (χ0n) is 17.2. The van der Waals surface area contributed by atoms with Crippen LogP contribution in [0.5, 0.6) is 5.75 Å². The Kier molecular flexibility index (Phi) is 5.91. The maximum Gasteiger partial charge on any atom is 0.410 e. The predicted octanol–water partition coefficient (Wildman–Crippen LogP) is 5.07. The summed E-state index contributed by atoms with van der Waals surface area (Å²) in [6.45, 7) is 7.98. The van der Waals surface area contributed by atoms with Crippen molar-refractivity contribution in [1.29, 1.82) is 0 Å². The Bertz CT molecular complexity index is 905. The molecule has 1 atom stereocenters. The van der Waals surface area contributed by atoms with Crippen LogP contribution in [0.3, 0.4) is 0 Å². The second-order valence-corrected chi connectivity index (χ2v) is 8.32. The van der Waals surface area contributed by atoms with Gasteiger partial charge >= 0.3 is 6.09 Å². The summed E-state index contributed by atoms with van der Waals surface area (Å²) in [7, 11) is 0. The van der Waals surface area contributed by atoms with E-state index >= 15 is 0 Å². The van der Waals surface area contributed by atoms with E-state index in [1.807, 2.05) is 37.3 Å². The third-order valence-electron chi connectivity index (χ3n) is 4.75. The van der Waals surface area contributed by atoms with Gasteiger partial charge in [-0.3, -0.25) is 4.79 Å². The van der Waals surface area contributed by atoms with Gasteiger partial charge in [-0.05, 0) is 32.4 Å². The molecule has 0 aromatic heterocycles. The van der Waals surface area contributed by atoms with Crippen LogP contribution in [0.25, 0.3) is 0 Å². The maximum atomic E-state index is 14.9. The number of amides is 1. The molecule has 154 valence electrons. The van der Waals surface area contributed by atoms with Gasteiger partial charge in [-0.2, -0.15) is 0 Å². The number of carbonyl (C=O) groups is 2.